The van der Waals surface area contributed by atoms with Crippen LogP contribution in [0.2, 0.25) is 0 Å². The first kappa shape index (κ1) is 15.8. The molecule has 1 N–H and O–H groups in total. The fourth-order valence-corrected chi connectivity index (χ4v) is 5.57. The largest absolute Gasteiger partial charge is 0.317 e. The molecule has 0 radical (unpaired) electrons. The van der Waals surface area contributed by atoms with Gasteiger partial charge in [0.05, 0.1) is 0 Å². The number of piperidine rings is 1. The van der Waals surface area contributed by atoms with Crippen LogP contribution in [0.4, 0.5) is 0 Å². The number of nitrogens with one attached hydrogen (secondary N) is 1. The minimum absolute atomic E-state index is 0.766. The first-order valence-electron chi connectivity index (χ1n) is 9.60. The van der Waals surface area contributed by atoms with Crippen LogP contribution in [0.25, 0.3) is 0 Å². The predicted octanol–water partition coefficient (Wildman–Crippen LogP) is 3.91. The number of fused-ring (bicyclic) bond motifs is 1. The van der Waals surface area contributed by atoms with Gasteiger partial charge >= 0.3 is 0 Å². The average Bonchev–Trinajstić information content (AvgIpc) is 2.96. The minimum Gasteiger partial charge on any atom is -0.317 e. The molecule has 2 aliphatic carbocycles. The molecule has 0 amide bonds. The van der Waals surface area contributed by atoms with Gasteiger partial charge in [-0.05, 0) is 82.2 Å². The second-order valence-electron chi connectivity index (χ2n) is 8.37. The van der Waals surface area contributed by atoms with Crippen LogP contribution >= 0.6 is 0 Å². The lowest BCUT2D eigenvalue weighted by atomic mass is 9.73. The minimum atomic E-state index is 0.766. The molecule has 3 rings (SSSR count). The number of rotatable bonds is 4. The highest BCUT2D eigenvalue weighted by Crippen LogP contribution is 2.39. The average molecular weight is 293 g/mol. The monoisotopic (exact) mass is 292 g/mol. The third kappa shape index (κ3) is 3.47. The lowest BCUT2D eigenvalue weighted by Gasteiger charge is -2.44. The first-order valence-corrected chi connectivity index (χ1v) is 9.60. The smallest absolute Gasteiger partial charge is 0.0124 e. The van der Waals surface area contributed by atoms with E-state index in [1.165, 1.54) is 64.5 Å². The maximum Gasteiger partial charge on any atom is 0.0124 e. The van der Waals surface area contributed by atoms with E-state index in [2.05, 4.69) is 31.1 Å². The number of hydrogen-bond acceptors (Lipinski definition) is 2. The molecule has 122 valence electrons. The Kier molecular flexibility index (Phi) is 5.27. The predicted molar refractivity (Wildman–Crippen MR) is 90.5 cm³/mol. The van der Waals surface area contributed by atoms with Crippen molar-refractivity contribution in [2.24, 2.45) is 23.7 Å². The van der Waals surface area contributed by atoms with E-state index in [9.17, 15) is 0 Å². The van der Waals surface area contributed by atoms with Gasteiger partial charge in [-0.25, -0.2) is 0 Å². The Bertz CT molecular complexity index is 328. The van der Waals surface area contributed by atoms with Crippen molar-refractivity contribution in [1.29, 1.82) is 0 Å². The molecule has 0 aromatic carbocycles. The van der Waals surface area contributed by atoms with Gasteiger partial charge in [0.2, 0.25) is 0 Å². The quantitative estimate of drug-likeness (QED) is 0.845. The third-order valence-corrected chi connectivity index (χ3v) is 6.91. The highest BCUT2D eigenvalue weighted by atomic mass is 15.2. The van der Waals surface area contributed by atoms with Crippen molar-refractivity contribution in [3.8, 4) is 0 Å². The van der Waals surface area contributed by atoms with Crippen LogP contribution in [0.15, 0.2) is 0 Å². The Labute approximate surface area is 132 Å². The molecule has 0 spiro atoms. The summed E-state index contributed by atoms with van der Waals surface area (Å²) in [6, 6.07) is 1.71. The Balaban J connectivity index is 1.63. The van der Waals surface area contributed by atoms with Gasteiger partial charge in [0.1, 0.15) is 0 Å². The highest BCUT2D eigenvalue weighted by molar-refractivity contribution is 4.93. The van der Waals surface area contributed by atoms with Crippen molar-refractivity contribution in [1.82, 2.24) is 10.2 Å². The number of nitrogens with zero attached hydrogens (tertiary/aromatic N) is 1. The Hall–Kier alpha value is -0.0800. The molecule has 0 bridgehead atoms. The van der Waals surface area contributed by atoms with Gasteiger partial charge in [-0.3, -0.25) is 4.90 Å². The summed E-state index contributed by atoms with van der Waals surface area (Å²) in [6.45, 7) is 7.60. The Morgan fingerprint density at radius 3 is 2.62 bits per heavy atom. The summed E-state index contributed by atoms with van der Waals surface area (Å²) < 4.78 is 0. The van der Waals surface area contributed by atoms with Gasteiger partial charge in [-0.15, -0.1) is 0 Å². The van der Waals surface area contributed by atoms with E-state index < -0.39 is 0 Å². The van der Waals surface area contributed by atoms with Crippen LogP contribution in [0.1, 0.15) is 65.2 Å². The van der Waals surface area contributed by atoms with Crippen molar-refractivity contribution < 1.29 is 0 Å². The molecule has 1 saturated heterocycles. The van der Waals surface area contributed by atoms with Crippen molar-refractivity contribution in [2.75, 3.05) is 20.1 Å². The lowest BCUT2D eigenvalue weighted by Crippen LogP contribution is -2.50. The van der Waals surface area contributed by atoms with E-state index in [-0.39, 0.29) is 0 Å². The van der Waals surface area contributed by atoms with Gasteiger partial charge in [-0.1, -0.05) is 20.3 Å². The van der Waals surface area contributed by atoms with E-state index in [1.54, 1.807) is 0 Å². The van der Waals surface area contributed by atoms with Crippen LogP contribution in [0.5, 0.6) is 0 Å². The van der Waals surface area contributed by atoms with Crippen LogP contribution in [0, 0.1) is 23.7 Å². The molecule has 2 nitrogen and oxygen atoms in total. The molecule has 1 heterocycles. The van der Waals surface area contributed by atoms with Crippen LogP contribution < -0.4 is 5.32 Å². The van der Waals surface area contributed by atoms with Gasteiger partial charge in [-0.2, -0.15) is 0 Å². The molecular weight excluding hydrogens is 256 g/mol. The van der Waals surface area contributed by atoms with E-state index in [1.807, 2.05) is 0 Å². The first-order chi connectivity index (χ1) is 10.2. The molecule has 3 aliphatic rings. The van der Waals surface area contributed by atoms with Crippen LogP contribution in [-0.2, 0) is 0 Å². The van der Waals surface area contributed by atoms with E-state index in [0.717, 1.165) is 35.8 Å². The van der Waals surface area contributed by atoms with Crippen LogP contribution in [0.3, 0.4) is 0 Å². The highest BCUT2D eigenvalue weighted by Gasteiger charge is 2.38. The normalized spacial score (nSPS) is 41.4. The van der Waals surface area contributed by atoms with E-state index >= 15 is 0 Å². The van der Waals surface area contributed by atoms with E-state index in [4.69, 9.17) is 0 Å². The van der Waals surface area contributed by atoms with E-state index in [0.29, 0.717) is 0 Å². The second kappa shape index (κ2) is 7.00. The van der Waals surface area contributed by atoms with Crippen molar-refractivity contribution in [3.05, 3.63) is 0 Å². The number of likely N-dealkylation sites (tertiary alicyclic amines) is 1. The van der Waals surface area contributed by atoms with Gasteiger partial charge < -0.3 is 5.32 Å². The molecule has 2 heteroatoms. The molecule has 5 unspecified atom stereocenters. The van der Waals surface area contributed by atoms with Crippen LogP contribution in [-0.4, -0.2) is 37.1 Å². The van der Waals surface area contributed by atoms with Crippen molar-refractivity contribution >= 4 is 0 Å². The molecule has 21 heavy (non-hydrogen) atoms. The fourth-order valence-electron chi connectivity index (χ4n) is 5.57. The van der Waals surface area contributed by atoms with Crippen molar-refractivity contribution in [2.45, 2.75) is 77.3 Å². The fraction of sp³-hybridized carbons (Fsp3) is 1.00. The maximum atomic E-state index is 3.64. The zero-order chi connectivity index (χ0) is 14.8. The lowest BCUT2D eigenvalue weighted by molar-refractivity contribution is 0.0620. The summed E-state index contributed by atoms with van der Waals surface area (Å²) in [5, 5.41) is 3.64. The standard InChI is InChI=1S/C19H36N2/c1-14(2)16-9-10-18(20-3)17(12-16)13-21-11-5-7-15-6-4-8-19(15)21/h14-20H,4-13H2,1-3H3. The molecular formula is C19H36N2. The Morgan fingerprint density at radius 2 is 1.86 bits per heavy atom. The number of hydrogen-bond donors (Lipinski definition) is 1. The molecule has 2 saturated carbocycles. The molecule has 1 aliphatic heterocycles. The summed E-state index contributed by atoms with van der Waals surface area (Å²) in [5.74, 6) is 3.75. The molecule has 3 fully saturated rings. The maximum absolute atomic E-state index is 3.64. The molecule has 0 aromatic heterocycles. The summed E-state index contributed by atoms with van der Waals surface area (Å²) in [5.41, 5.74) is 0. The topological polar surface area (TPSA) is 15.3 Å². The zero-order valence-corrected chi connectivity index (χ0v) is 14.5. The zero-order valence-electron chi connectivity index (χ0n) is 14.5. The molecule has 5 atom stereocenters. The van der Waals surface area contributed by atoms with Crippen molar-refractivity contribution in [3.63, 3.8) is 0 Å². The summed E-state index contributed by atoms with van der Waals surface area (Å²) in [4.78, 5) is 2.90. The Morgan fingerprint density at radius 1 is 1.05 bits per heavy atom. The summed E-state index contributed by atoms with van der Waals surface area (Å²) in [6.07, 6.45) is 11.7. The SMILES string of the molecule is CNC1CCC(C(C)C)CC1CN1CCCC2CCCC21. The molecule has 0 aromatic rings. The van der Waals surface area contributed by atoms with Gasteiger partial charge in [0.15, 0.2) is 0 Å². The summed E-state index contributed by atoms with van der Waals surface area (Å²) >= 11 is 0. The second-order valence-corrected chi connectivity index (χ2v) is 8.37. The summed E-state index contributed by atoms with van der Waals surface area (Å²) in [7, 11) is 2.18. The third-order valence-electron chi connectivity index (χ3n) is 6.91. The van der Waals surface area contributed by atoms with Gasteiger partial charge in [0.25, 0.3) is 0 Å². The van der Waals surface area contributed by atoms with Gasteiger partial charge in [0, 0.05) is 18.6 Å².